The van der Waals surface area contributed by atoms with Crippen LogP contribution in [0.3, 0.4) is 0 Å². The lowest BCUT2D eigenvalue weighted by Gasteiger charge is -2.43. The van der Waals surface area contributed by atoms with Gasteiger partial charge >= 0.3 is 29.8 Å². The maximum atomic E-state index is 12.6. The van der Waals surface area contributed by atoms with Crippen molar-refractivity contribution in [2.24, 2.45) is 0 Å². The third-order valence-corrected chi connectivity index (χ3v) is 5.47. The number of hydrogen-bond donors (Lipinski definition) is 1. The number of ether oxygens (including phenoxy) is 9. The highest BCUT2D eigenvalue weighted by atomic mass is 16.8. The molecule has 15 heteroatoms. The second kappa shape index (κ2) is 11.5. The number of esters is 5. The molecule has 3 heterocycles. The minimum absolute atomic E-state index is 0.00133. The molecule has 0 unspecified atom stereocenters. The summed E-state index contributed by atoms with van der Waals surface area (Å²) < 4.78 is 48.5. The van der Waals surface area contributed by atoms with Crippen LogP contribution in [0, 0.1) is 0 Å². The predicted octanol–water partition coefficient (Wildman–Crippen LogP) is -0.0674. The molecule has 0 bridgehead atoms. The van der Waals surface area contributed by atoms with E-state index in [1.807, 2.05) is 0 Å². The molecule has 0 spiro atoms. The lowest BCUT2D eigenvalue weighted by Crippen LogP contribution is -2.63. The number of rotatable bonds is 8. The average molecular weight is 546 g/mol. The van der Waals surface area contributed by atoms with E-state index in [4.69, 9.17) is 42.6 Å². The Kier molecular flexibility index (Phi) is 8.84. The van der Waals surface area contributed by atoms with Crippen molar-refractivity contribution in [3.05, 3.63) is 11.5 Å². The Morgan fingerprint density at radius 2 is 1.50 bits per heavy atom. The third kappa shape index (κ3) is 6.90. The first-order chi connectivity index (χ1) is 17.7. The van der Waals surface area contributed by atoms with Crippen LogP contribution in [-0.4, -0.2) is 96.9 Å². The Morgan fingerprint density at radius 1 is 0.921 bits per heavy atom. The smallest absolute Gasteiger partial charge is 0.378 e. The van der Waals surface area contributed by atoms with Crippen LogP contribution in [0.25, 0.3) is 0 Å². The van der Waals surface area contributed by atoms with Gasteiger partial charge in [-0.2, -0.15) is 0 Å². The molecule has 0 aromatic heterocycles. The van der Waals surface area contributed by atoms with Gasteiger partial charge in [0.15, 0.2) is 29.9 Å². The van der Waals surface area contributed by atoms with Gasteiger partial charge in [0, 0.05) is 27.7 Å². The van der Waals surface area contributed by atoms with E-state index in [1.54, 1.807) is 13.8 Å². The quantitative estimate of drug-likeness (QED) is 0.314. The lowest BCUT2D eigenvalue weighted by atomic mass is 9.98. The highest BCUT2D eigenvalue weighted by molar-refractivity contribution is 5.89. The van der Waals surface area contributed by atoms with Crippen molar-refractivity contribution in [1.82, 2.24) is 0 Å². The van der Waals surface area contributed by atoms with Gasteiger partial charge in [-0.15, -0.1) is 0 Å². The van der Waals surface area contributed by atoms with Crippen LogP contribution in [0.4, 0.5) is 0 Å². The number of hydrogen-bond acceptors (Lipinski definition) is 15. The van der Waals surface area contributed by atoms with E-state index in [-0.39, 0.29) is 6.61 Å². The summed E-state index contributed by atoms with van der Waals surface area (Å²) in [4.78, 5) is 59.8. The molecule has 0 aromatic carbocycles. The molecule has 2 fully saturated rings. The van der Waals surface area contributed by atoms with Crippen molar-refractivity contribution in [2.45, 2.75) is 90.2 Å². The monoisotopic (exact) mass is 546 g/mol. The molecule has 0 aliphatic carbocycles. The normalized spacial score (nSPS) is 32.3. The summed E-state index contributed by atoms with van der Waals surface area (Å²) >= 11 is 0. The van der Waals surface area contributed by atoms with Crippen molar-refractivity contribution < 1.29 is 71.7 Å². The van der Waals surface area contributed by atoms with E-state index in [9.17, 15) is 29.1 Å². The largest absolute Gasteiger partial charge is 0.505 e. The molecule has 7 atom stereocenters. The topological polar surface area (TPSA) is 189 Å². The van der Waals surface area contributed by atoms with Gasteiger partial charge in [-0.3, -0.25) is 19.2 Å². The molecule has 3 aliphatic heterocycles. The standard InChI is InChI=1S/C23H30O15/c1-9(24)30-7-13-17(32-10(2)25)19(33-11(3)26)20(34-12(4)27)22(35-13)37-18-15(28)16(36-21(18)29)14-8-31-23(5,6)38-14/h13-14,16-17,19-20,22,28H,7-8H2,1-6H3/t13-,14+,16-,17-,19+,20-,22+/m1/s1. The van der Waals surface area contributed by atoms with Crippen LogP contribution in [0.15, 0.2) is 11.5 Å². The predicted molar refractivity (Wildman–Crippen MR) is 117 cm³/mol. The van der Waals surface area contributed by atoms with Crippen LogP contribution in [0.5, 0.6) is 0 Å². The number of cyclic esters (lactones) is 1. The SMILES string of the molecule is CC(=O)OC[C@H]1O[C@@H](OC2=C(O)[C@@H]([C@@H]3COC(C)(C)O3)OC2=O)[C@H](OC(C)=O)[C@@H](OC(C)=O)[C@@H]1OC(C)=O. The van der Waals surface area contributed by atoms with Gasteiger partial charge in [0.2, 0.25) is 18.2 Å². The van der Waals surface area contributed by atoms with E-state index >= 15 is 0 Å². The van der Waals surface area contributed by atoms with Crippen molar-refractivity contribution in [3.63, 3.8) is 0 Å². The van der Waals surface area contributed by atoms with Crippen LogP contribution in [-0.2, 0) is 66.6 Å². The van der Waals surface area contributed by atoms with Crippen LogP contribution >= 0.6 is 0 Å². The van der Waals surface area contributed by atoms with E-state index in [1.165, 1.54) is 0 Å². The Morgan fingerprint density at radius 3 is 2.03 bits per heavy atom. The van der Waals surface area contributed by atoms with Gasteiger partial charge in [0.1, 0.15) is 18.8 Å². The Balaban J connectivity index is 1.96. The molecule has 3 rings (SSSR count). The summed E-state index contributed by atoms with van der Waals surface area (Å²) in [5, 5.41) is 10.8. The molecule has 212 valence electrons. The zero-order chi connectivity index (χ0) is 28.4. The summed E-state index contributed by atoms with van der Waals surface area (Å²) in [5.41, 5.74) is 0. The maximum absolute atomic E-state index is 12.6. The van der Waals surface area contributed by atoms with E-state index in [0.717, 1.165) is 27.7 Å². The van der Waals surface area contributed by atoms with Crippen LogP contribution < -0.4 is 0 Å². The van der Waals surface area contributed by atoms with Gasteiger partial charge in [0.05, 0.1) is 6.61 Å². The zero-order valence-electron chi connectivity index (χ0n) is 21.6. The second-order valence-electron chi connectivity index (χ2n) is 9.09. The fourth-order valence-corrected chi connectivity index (χ4v) is 4.08. The average Bonchev–Trinajstić information content (AvgIpc) is 3.28. The van der Waals surface area contributed by atoms with Crippen molar-refractivity contribution >= 4 is 29.8 Å². The molecule has 3 aliphatic rings. The minimum atomic E-state index is -1.73. The molecular weight excluding hydrogens is 516 g/mol. The molecule has 0 amide bonds. The Labute approximate surface area is 217 Å². The lowest BCUT2D eigenvalue weighted by molar-refractivity contribution is -0.300. The zero-order valence-corrected chi connectivity index (χ0v) is 21.6. The molecule has 2 saturated heterocycles. The van der Waals surface area contributed by atoms with Gasteiger partial charge in [-0.05, 0) is 13.8 Å². The van der Waals surface area contributed by atoms with Gasteiger partial charge < -0.3 is 47.7 Å². The van der Waals surface area contributed by atoms with Crippen molar-refractivity contribution in [2.75, 3.05) is 13.2 Å². The molecule has 0 radical (unpaired) electrons. The molecule has 0 saturated carbocycles. The van der Waals surface area contributed by atoms with Crippen molar-refractivity contribution in [3.8, 4) is 0 Å². The van der Waals surface area contributed by atoms with Crippen LogP contribution in [0.2, 0.25) is 0 Å². The van der Waals surface area contributed by atoms with Gasteiger partial charge in [-0.1, -0.05) is 0 Å². The van der Waals surface area contributed by atoms with E-state index in [0.29, 0.717) is 0 Å². The Bertz CT molecular complexity index is 1000. The Hall–Kier alpha value is -3.43. The van der Waals surface area contributed by atoms with E-state index < -0.39 is 96.7 Å². The highest BCUT2D eigenvalue weighted by Gasteiger charge is 2.55. The number of aliphatic hydroxyl groups excluding tert-OH is 1. The third-order valence-electron chi connectivity index (χ3n) is 5.47. The van der Waals surface area contributed by atoms with Crippen molar-refractivity contribution in [1.29, 1.82) is 0 Å². The summed E-state index contributed by atoms with van der Waals surface area (Å²) in [7, 11) is 0. The number of aliphatic hydroxyl groups is 1. The number of carbonyl (C=O) groups excluding carboxylic acids is 5. The molecule has 38 heavy (non-hydrogen) atoms. The summed E-state index contributed by atoms with van der Waals surface area (Å²) in [6.07, 6.45) is -9.72. The summed E-state index contributed by atoms with van der Waals surface area (Å²) in [6.45, 7) is 7.07. The molecule has 1 N–H and O–H groups in total. The summed E-state index contributed by atoms with van der Waals surface area (Å²) in [5.74, 6) is -6.64. The second-order valence-corrected chi connectivity index (χ2v) is 9.09. The van der Waals surface area contributed by atoms with Crippen LogP contribution in [0.1, 0.15) is 41.5 Å². The fraction of sp³-hybridized carbons (Fsp3) is 0.696. The molecule has 0 aromatic rings. The fourth-order valence-electron chi connectivity index (χ4n) is 4.08. The first-order valence-corrected chi connectivity index (χ1v) is 11.6. The maximum Gasteiger partial charge on any atom is 0.378 e. The summed E-state index contributed by atoms with van der Waals surface area (Å²) in [6, 6.07) is 0. The molecular formula is C23H30O15. The van der Waals surface area contributed by atoms with Gasteiger partial charge in [0.25, 0.3) is 0 Å². The first-order valence-electron chi connectivity index (χ1n) is 11.6. The minimum Gasteiger partial charge on any atom is -0.505 e. The number of carbonyl (C=O) groups is 5. The first kappa shape index (κ1) is 29.1. The van der Waals surface area contributed by atoms with E-state index in [2.05, 4.69) is 0 Å². The van der Waals surface area contributed by atoms with Gasteiger partial charge in [-0.25, -0.2) is 4.79 Å². The molecule has 15 nitrogen and oxygen atoms in total. The highest BCUT2D eigenvalue weighted by Crippen LogP contribution is 2.36.